The van der Waals surface area contributed by atoms with E-state index in [1.54, 1.807) is 14.0 Å². The maximum absolute atomic E-state index is 11.8. The molecule has 0 fully saturated rings. The summed E-state index contributed by atoms with van der Waals surface area (Å²) in [5.74, 6) is -0.720. The Balaban J connectivity index is 2.26. The van der Waals surface area contributed by atoms with Crippen LogP contribution in [-0.4, -0.2) is 37.1 Å². The van der Waals surface area contributed by atoms with Crippen LogP contribution in [-0.2, 0) is 18.3 Å². The molecular formula is C11H13N5O4. The van der Waals surface area contributed by atoms with Crippen molar-refractivity contribution in [3.8, 4) is 0 Å². The fourth-order valence-corrected chi connectivity index (χ4v) is 1.72. The maximum Gasteiger partial charge on any atom is 0.389 e. The first kappa shape index (κ1) is 13.7. The number of nitro groups is 1. The Morgan fingerprint density at radius 1 is 1.55 bits per heavy atom. The average Bonchev–Trinajstić information content (AvgIpc) is 2.99. The number of rotatable bonds is 5. The second kappa shape index (κ2) is 5.51. The van der Waals surface area contributed by atoms with Crippen molar-refractivity contribution < 1.29 is 14.5 Å². The number of ether oxygens (including phenoxy) is 1. The average molecular weight is 279 g/mol. The van der Waals surface area contributed by atoms with Gasteiger partial charge >= 0.3 is 11.8 Å². The zero-order valence-electron chi connectivity index (χ0n) is 11.0. The SMILES string of the molecule is CCOC(=O)c1cnn(C)c1Cn1ccc([N+](=O)[O-])n1. The van der Waals surface area contributed by atoms with Crippen LogP contribution in [0.2, 0.25) is 0 Å². The topological polar surface area (TPSA) is 105 Å². The van der Waals surface area contributed by atoms with E-state index < -0.39 is 10.9 Å². The lowest BCUT2D eigenvalue weighted by Crippen LogP contribution is -2.12. The van der Waals surface area contributed by atoms with Gasteiger partial charge in [-0.2, -0.15) is 9.78 Å². The Morgan fingerprint density at radius 3 is 2.90 bits per heavy atom. The van der Waals surface area contributed by atoms with E-state index in [0.29, 0.717) is 11.3 Å². The molecule has 0 bridgehead atoms. The van der Waals surface area contributed by atoms with Crippen LogP contribution in [0.25, 0.3) is 0 Å². The summed E-state index contributed by atoms with van der Waals surface area (Å²) in [5.41, 5.74) is 0.897. The van der Waals surface area contributed by atoms with Crippen LogP contribution in [0.1, 0.15) is 23.0 Å². The summed E-state index contributed by atoms with van der Waals surface area (Å²) in [4.78, 5) is 21.8. The van der Waals surface area contributed by atoms with Crippen molar-refractivity contribution in [3.63, 3.8) is 0 Å². The van der Waals surface area contributed by atoms with Gasteiger partial charge in [0.05, 0.1) is 35.9 Å². The van der Waals surface area contributed by atoms with Crippen molar-refractivity contribution >= 4 is 11.8 Å². The van der Waals surface area contributed by atoms with E-state index in [9.17, 15) is 14.9 Å². The molecule has 20 heavy (non-hydrogen) atoms. The van der Waals surface area contributed by atoms with E-state index in [1.165, 1.54) is 27.8 Å². The van der Waals surface area contributed by atoms with Crippen LogP contribution in [0.4, 0.5) is 5.82 Å². The van der Waals surface area contributed by atoms with Gasteiger partial charge in [-0.25, -0.2) is 4.79 Å². The number of nitrogens with zero attached hydrogens (tertiary/aromatic N) is 5. The van der Waals surface area contributed by atoms with Gasteiger partial charge in [-0.1, -0.05) is 0 Å². The van der Waals surface area contributed by atoms with Crippen LogP contribution < -0.4 is 0 Å². The molecule has 0 N–H and O–H groups in total. The Labute approximate surface area is 113 Å². The number of hydrogen-bond acceptors (Lipinski definition) is 6. The molecular weight excluding hydrogens is 266 g/mol. The van der Waals surface area contributed by atoms with Crippen molar-refractivity contribution in [3.05, 3.63) is 39.8 Å². The lowest BCUT2D eigenvalue weighted by atomic mass is 10.2. The Hall–Kier alpha value is -2.71. The van der Waals surface area contributed by atoms with Crippen LogP contribution >= 0.6 is 0 Å². The fourth-order valence-electron chi connectivity index (χ4n) is 1.72. The quantitative estimate of drug-likeness (QED) is 0.454. The molecule has 0 aliphatic carbocycles. The molecule has 0 saturated heterocycles. The van der Waals surface area contributed by atoms with Crippen LogP contribution in [0, 0.1) is 10.1 Å². The van der Waals surface area contributed by atoms with E-state index >= 15 is 0 Å². The van der Waals surface area contributed by atoms with Gasteiger partial charge in [0, 0.05) is 7.05 Å². The molecule has 0 unspecified atom stereocenters. The number of carbonyl (C=O) groups is 1. The summed E-state index contributed by atoms with van der Waals surface area (Å²) in [6, 6.07) is 1.29. The second-order valence-corrected chi connectivity index (χ2v) is 3.98. The highest BCUT2D eigenvalue weighted by Gasteiger charge is 2.19. The molecule has 2 heterocycles. The fraction of sp³-hybridized carbons (Fsp3) is 0.364. The highest BCUT2D eigenvalue weighted by atomic mass is 16.6. The summed E-state index contributed by atoms with van der Waals surface area (Å²) in [5, 5.41) is 18.4. The molecule has 0 aliphatic heterocycles. The Kier molecular flexibility index (Phi) is 3.78. The van der Waals surface area contributed by atoms with Gasteiger partial charge in [-0.05, 0) is 11.8 Å². The zero-order valence-corrected chi connectivity index (χ0v) is 11.0. The van der Waals surface area contributed by atoms with Crippen LogP contribution in [0.5, 0.6) is 0 Å². The molecule has 0 radical (unpaired) electrons. The molecule has 0 atom stereocenters. The lowest BCUT2D eigenvalue weighted by molar-refractivity contribution is -0.389. The van der Waals surface area contributed by atoms with Crippen molar-refractivity contribution in [1.82, 2.24) is 19.6 Å². The van der Waals surface area contributed by atoms with E-state index in [1.807, 2.05) is 0 Å². The number of esters is 1. The summed E-state index contributed by atoms with van der Waals surface area (Å²) < 4.78 is 7.82. The third-order valence-electron chi connectivity index (χ3n) is 2.68. The first-order chi connectivity index (χ1) is 9.52. The number of aromatic nitrogens is 4. The summed E-state index contributed by atoms with van der Waals surface area (Å²) >= 11 is 0. The van der Waals surface area contributed by atoms with E-state index in [4.69, 9.17) is 4.74 Å². The van der Waals surface area contributed by atoms with Crippen LogP contribution in [0.15, 0.2) is 18.5 Å². The van der Waals surface area contributed by atoms with Crippen molar-refractivity contribution in [2.45, 2.75) is 13.5 Å². The van der Waals surface area contributed by atoms with Gasteiger partial charge in [-0.15, -0.1) is 0 Å². The maximum atomic E-state index is 11.8. The van der Waals surface area contributed by atoms with Gasteiger partial charge in [0.1, 0.15) is 12.1 Å². The molecule has 0 aliphatic rings. The van der Waals surface area contributed by atoms with Gasteiger partial charge in [0.15, 0.2) is 0 Å². The minimum Gasteiger partial charge on any atom is -0.462 e. The molecule has 106 valence electrons. The zero-order chi connectivity index (χ0) is 14.7. The largest absolute Gasteiger partial charge is 0.462 e. The van der Waals surface area contributed by atoms with Crippen LogP contribution in [0.3, 0.4) is 0 Å². The third-order valence-corrected chi connectivity index (χ3v) is 2.68. The minimum absolute atomic E-state index is 0.193. The highest BCUT2D eigenvalue weighted by molar-refractivity contribution is 5.90. The summed E-state index contributed by atoms with van der Waals surface area (Å²) in [6.07, 6.45) is 2.88. The summed E-state index contributed by atoms with van der Waals surface area (Å²) in [6.45, 7) is 2.17. The second-order valence-electron chi connectivity index (χ2n) is 3.98. The number of hydrogen-bond donors (Lipinski definition) is 0. The minimum atomic E-state index is -0.577. The van der Waals surface area contributed by atoms with Gasteiger partial charge < -0.3 is 14.9 Å². The standard InChI is InChI=1S/C11H13N5O4/c1-3-20-11(17)8-6-12-14(2)9(8)7-15-5-4-10(13-15)16(18)19/h4-6H,3,7H2,1-2H3. The van der Waals surface area contributed by atoms with Gasteiger partial charge in [0.2, 0.25) is 0 Å². The smallest absolute Gasteiger partial charge is 0.389 e. The molecule has 2 aromatic heterocycles. The van der Waals surface area contributed by atoms with E-state index in [2.05, 4.69) is 10.2 Å². The predicted octanol–water partition coefficient (Wildman–Crippen LogP) is 0.750. The molecule has 0 spiro atoms. The van der Waals surface area contributed by atoms with E-state index in [0.717, 1.165) is 0 Å². The lowest BCUT2D eigenvalue weighted by Gasteiger charge is -2.04. The van der Waals surface area contributed by atoms with Crippen molar-refractivity contribution in [1.29, 1.82) is 0 Å². The Morgan fingerprint density at radius 2 is 2.30 bits per heavy atom. The Bertz CT molecular complexity index is 645. The van der Waals surface area contributed by atoms with Crippen molar-refractivity contribution in [2.24, 2.45) is 7.05 Å². The normalized spacial score (nSPS) is 10.5. The molecule has 0 amide bonds. The number of carbonyl (C=O) groups excluding carboxylic acids is 1. The van der Waals surface area contributed by atoms with E-state index in [-0.39, 0.29) is 19.0 Å². The molecule has 2 aromatic rings. The highest BCUT2D eigenvalue weighted by Crippen LogP contribution is 2.13. The predicted molar refractivity (Wildman–Crippen MR) is 67.1 cm³/mol. The molecule has 2 rings (SSSR count). The molecule has 0 aromatic carbocycles. The first-order valence-electron chi connectivity index (χ1n) is 5.88. The van der Waals surface area contributed by atoms with Gasteiger partial charge in [0.25, 0.3) is 0 Å². The molecule has 0 saturated carbocycles. The monoisotopic (exact) mass is 279 g/mol. The third kappa shape index (κ3) is 2.66. The number of aryl methyl sites for hydroxylation is 1. The summed E-state index contributed by atoms with van der Waals surface area (Å²) in [7, 11) is 1.68. The molecule has 9 heteroatoms. The first-order valence-corrected chi connectivity index (χ1v) is 5.88. The molecule has 9 nitrogen and oxygen atoms in total. The van der Waals surface area contributed by atoms with Gasteiger partial charge in [-0.3, -0.25) is 4.68 Å². The van der Waals surface area contributed by atoms with Crippen molar-refractivity contribution in [2.75, 3.05) is 6.61 Å².